The Labute approximate surface area is 183 Å². The lowest BCUT2D eigenvalue weighted by Gasteiger charge is -2.18. The highest BCUT2D eigenvalue weighted by Gasteiger charge is 2.31. The van der Waals surface area contributed by atoms with Gasteiger partial charge in [0.2, 0.25) is 15.9 Å². The number of anilines is 1. The maximum Gasteiger partial charge on any atom is 0.240 e. The number of rotatable bonds is 8. The molecule has 7 nitrogen and oxygen atoms in total. The van der Waals surface area contributed by atoms with Crippen molar-refractivity contribution in [3.63, 3.8) is 0 Å². The number of benzene rings is 2. The lowest BCUT2D eigenvalue weighted by molar-refractivity contribution is -0.114. The lowest BCUT2D eigenvalue weighted by Crippen LogP contribution is -2.31. The first-order valence-corrected chi connectivity index (χ1v) is 12.9. The molecule has 3 aromatic rings. The molecule has 2 N–H and O–H groups in total. The Bertz CT molecular complexity index is 1260. The molecule has 11 heteroatoms. The Morgan fingerprint density at radius 1 is 1.00 bits per heavy atom. The molecule has 1 amide bonds. The van der Waals surface area contributed by atoms with Gasteiger partial charge in [-0.1, -0.05) is 18.2 Å². The molecule has 1 unspecified atom stereocenters. The van der Waals surface area contributed by atoms with E-state index < -0.39 is 37.5 Å². The number of halogens is 1. The lowest BCUT2D eigenvalue weighted by atomic mass is 10.1. The summed E-state index contributed by atoms with van der Waals surface area (Å²) < 4.78 is 67.4. The second kappa shape index (κ2) is 9.27. The van der Waals surface area contributed by atoms with Gasteiger partial charge in [0.05, 0.1) is 4.90 Å². The summed E-state index contributed by atoms with van der Waals surface area (Å²) >= 11 is 1.02. The van der Waals surface area contributed by atoms with Crippen LogP contribution < -0.4 is 10.0 Å². The smallest absolute Gasteiger partial charge is 0.240 e. The van der Waals surface area contributed by atoms with Crippen LogP contribution in [0.3, 0.4) is 0 Å². The van der Waals surface area contributed by atoms with Gasteiger partial charge in [0.1, 0.15) is 15.3 Å². The van der Waals surface area contributed by atoms with E-state index in [-0.39, 0.29) is 20.6 Å². The first-order chi connectivity index (χ1) is 14.6. The summed E-state index contributed by atoms with van der Waals surface area (Å²) in [6.45, 7) is 0.886. The molecule has 0 spiro atoms. The van der Waals surface area contributed by atoms with Gasteiger partial charge in [-0.25, -0.2) is 25.9 Å². The minimum atomic E-state index is -4.04. The SMILES string of the molecule is CC(=O)Nc1ccc(S(=O)(=O)NCC(c2ccc(F)cc2)S(=O)(=O)c2cccs2)cc1. The average Bonchev–Trinajstić information content (AvgIpc) is 3.25. The van der Waals surface area contributed by atoms with Crippen LogP contribution >= 0.6 is 11.3 Å². The zero-order valence-corrected chi connectivity index (χ0v) is 18.7. The van der Waals surface area contributed by atoms with Crippen molar-refractivity contribution in [1.29, 1.82) is 0 Å². The molecule has 0 fully saturated rings. The van der Waals surface area contributed by atoms with Crippen molar-refractivity contribution in [2.24, 2.45) is 0 Å². The Balaban J connectivity index is 1.88. The number of sulfonamides is 1. The van der Waals surface area contributed by atoms with Gasteiger partial charge in [0.15, 0.2) is 9.84 Å². The molecule has 1 aromatic heterocycles. The van der Waals surface area contributed by atoms with Gasteiger partial charge in [-0.3, -0.25) is 4.79 Å². The van der Waals surface area contributed by atoms with E-state index in [0.717, 1.165) is 23.5 Å². The van der Waals surface area contributed by atoms with Crippen molar-refractivity contribution in [3.05, 3.63) is 77.4 Å². The molecular formula is C20H19FN2O5S3. The van der Waals surface area contributed by atoms with Crippen LogP contribution in [0.5, 0.6) is 0 Å². The molecule has 0 bridgehead atoms. The third-order valence-electron chi connectivity index (χ3n) is 4.34. The van der Waals surface area contributed by atoms with Crippen LogP contribution in [-0.2, 0) is 24.7 Å². The number of hydrogen-bond donors (Lipinski definition) is 2. The Kier molecular flexibility index (Phi) is 6.90. The molecule has 2 aromatic carbocycles. The zero-order chi connectivity index (χ0) is 22.6. The first-order valence-electron chi connectivity index (χ1n) is 9.00. The molecule has 31 heavy (non-hydrogen) atoms. The predicted molar refractivity (Wildman–Crippen MR) is 117 cm³/mol. The van der Waals surface area contributed by atoms with E-state index in [4.69, 9.17) is 0 Å². The normalized spacial score (nSPS) is 13.0. The van der Waals surface area contributed by atoms with Gasteiger partial charge >= 0.3 is 0 Å². The van der Waals surface area contributed by atoms with Gasteiger partial charge < -0.3 is 5.32 Å². The molecule has 0 radical (unpaired) electrons. The fourth-order valence-corrected chi connectivity index (χ4v) is 6.86. The van der Waals surface area contributed by atoms with Crippen LogP contribution in [0.4, 0.5) is 10.1 Å². The van der Waals surface area contributed by atoms with E-state index in [1.54, 1.807) is 11.4 Å². The molecular weight excluding hydrogens is 463 g/mol. The first kappa shape index (κ1) is 23.1. The molecule has 0 saturated carbocycles. The fourth-order valence-electron chi connectivity index (χ4n) is 2.84. The van der Waals surface area contributed by atoms with Gasteiger partial charge in [-0.05, 0) is 53.4 Å². The summed E-state index contributed by atoms with van der Waals surface area (Å²) in [6, 6.07) is 13.4. The minimum absolute atomic E-state index is 0.0840. The van der Waals surface area contributed by atoms with Crippen molar-refractivity contribution in [2.45, 2.75) is 21.3 Å². The third kappa shape index (κ3) is 5.56. The van der Waals surface area contributed by atoms with Gasteiger partial charge in [-0.15, -0.1) is 11.3 Å². The van der Waals surface area contributed by atoms with Crippen LogP contribution in [0, 0.1) is 5.82 Å². The van der Waals surface area contributed by atoms with E-state index in [9.17, 15) is 26.0 Å². The largest absolute Gasteiger partial charge is 0.326 e. The number of hydrogen-bond acceptors (Lipinski definition) is 6. The second-order valence-corrected chi connectivity index (χ2v) is 11.6. The van der Waals surface area contributed by atoms with Crippen molar-refractivity contribution in [2.75, 3.05) is 11.9 Å². The standard InChI is InChI=1S/C20H19FN2O5S3/c1-14(24)23-17-8-10-18(11-9-17)31(27,28)22-13-19(15-4-6-16(21)7-5-15)30(25,26)20-3-2-12-29-20/h2-12,19,22H,13H2,1H3,(H,23,24). The Morgan fingerprint density at radius 3 is 2.19 bits per heavy atom. The summed E-state index contributed by atoms with van der Waals surface area (Å²) in [5, 5.41) is 2.89. The Morgan fingerprint density at radius 2 is 1.65 bits per heavy atom. The molecule has 0 aliphatic carbocycles. The maximum atomic E-state index is 13.3. The fraction of sp³-hybridized carbons (Fsp3) is 0.150. The highest BCUT2D eigenvalue weighted by Crippen LogP contribution is 2.31. The van der Waals surface area contributed by atoms with Crippen molar-refractivity contribution >= 4 is 42.8 Å². The van der Waals surface area contributed by atoms with Crippen LogP contribution in [0.25, 0.3) is 0 Å². The zero-order valence-electron chi connectivity index (χ0n) is 16.3. The summed E-state index contributed by atoms with van der Waals surface area (Å²) in [5.41, 5.74) is 0.689. The molecule has 3 rings (SSSR count). The quantitative estimate of drug-likeness (QED) is 0.512. The molecule has 1 atom stereocenters. The number of thiophene rings is 1. The van der Waals surface area contributed by atoms with Crippen molar-refractivity contribution in [3.8, 4) is 0 Å². The van der Waals surface area contributed by atoms with E-state index in [1.165, 1.54) is 49.4 Å². The molecule has 164 valence electrons. The molecule has 0 aliphatic rings. The highest BCUT2D eigenvalue weighted by atomic mass is 32.2. The topological polar surface area (TPSA) is 109 Å². The maximum absolute atomic E-state index is 13.3. The number of amides is 1. The van der Waals surface area contributed by atoms with Crippen molar-refractivity contribution < 1.29 is 26.0 Å². The Hall–Kier alpha value is -2.60. The summed E-state index contributed by atoms with van der Waals surface area (Å²) in [6.07, 6.45) is 0. The number of nitrogens with one attached hydrogen (secondary N) is 2. The van der Waals surface area contributed by atoms with E-state index >= 15 is 0 Å². The average molecular weight is 483 g/mol. The van der Waals surface area contributed by atoms with Crippen molar-refractivity contribution in [1.82, 2.24) is 4.72 Å². The highest BCUT2D eigenvalue weighted by molar-refractivity contribution is 7.93. The summed E-state index contributed by atoms with van der Waals surface area (Å²) in [5.74, 6) is -0.828. The van der Waals surface area contributed by atoms with Gasteiger partial charge in [-0.2, -0.15) is 0 Å². The second-order valence-electron chi connectivity index (χ2n) is 6.57. The predicted octanol–water partition coefficient (Wildman–Crippen LogP) is 3.34. The number of sulfone groups is 1. The van der Waals surface area contributed by atoms with Gasteiger partial charge in [0, 0.05) is 19.2 Å². The van der Waals surface area contributed by atoms with Crippen LogP contribution in [0.1, 0.15) is 17.7 Å². The van der Waals surface area contributed by atoms with E-state index in [0.29, 0.717) is 5.69 Å². The van der Waals surface area contributed by atoms with E-state index in [1.807, 2.05) is 0 Å². The summed E-state index contributed by atoms with van der Waals surface area (Å²) in [7, 11) is -7.97. The number of carbonyl (C=O) groups is 1. The monoisotopic (exact) mass is 482 g/mol. The van der Waals surface area contributed by atoms with Crippen LogP contribution in [-0.4, -0.2) is 29.3 Å². The molecule has 0 aliphatic heterocycles. The van der Waals surface area contributed by atoms with Crippen LogP contribution in [0.2, 0.25) is 0 Å². The van der Waals surface area contributed by atoms with E-state index in [2.05, 4.69) is 10.0 Å². The van der Waals surface area contributed by atoms with Gasteiger partial charge in [0.25, 0.3) is 0 Å². The molecule has 1 heterocycles. The van der Waals surface area contributed by atoms with Crippen LogP contribution in [0.15, 0.2) is 75.1 Å². The number of carbonyl (C=O) groups excluding carboxylic acids is 1. The molecule has 0 saturated heterocycles. The summed E-state index contributed by atoms with van der Waals surface area (Å²) in [4.78, 5) is 11.0. The minimum Gasteiger partial charge on any atom is -0.326 e. The third-order valence-corrected chi connectivity index (χ3v) is 9.31.